The van der Waals surface area contributed by atoms with Crippen molar-refractivity contribution in [2.45, 2.75) is 46.3 Å². The highest BCUT2D eigenvalue weighted by Crippen LogP contribution is 2.30. The molecule has 0 radical (unpaired) electrons. The van der Waals surface area contributed by atoms with Crippen molar-refractivity contribution in [1.29, 1.82) is 0 Å². The summed E-state index contributed by atoms with van der Waals surface area (Å²) in [5.74, 6) is 0.235. The lowest BCUT2D eigenvalue weighted by Gasteiger charge is -2.33. The Morgan fingerprint density at radius 2 is 2.00 bits per heavy atom. The second-order valence-corrected chi connectivity index (χ2v) is 10.3. The normalized spacial score (nSPS) is 14.4. The summed E-state index contributed by atoms with van der Waals surface area (Å²) in [6.07, 6.45) is 4.29. The lowest BCUT2D eigenvalue weighted by molar-refractivity contribution is 0.0707. The summed E-state index contributed by atoms with van der Waals surface area (Å²) in [6.45, 7) is 15.5. The van der Waals surface area contributed by atoms with Crippen molar-refractivity contribution in [2.24, 2.45) is 4.99 Å². The Bertz CT molecular complexity index is 1290. The first-order chi connectivity index (χ1) is 19.5. The lowest BCUT2D eigenvalue weighted by atomic mass is 10.0. The molecule has 4 rings (SSSR count). The molecule has 2 heterocycles. The fourth-order valence-corrected chi connectivity index (χ4v) is 4.87. The molecule has 1 unspecified atom stereocenters. The van der Waals surface area contributed by atoms with Crippen LogP contribution in [0.5, 0.6) is 5.88 Å². The van der Waals surface area contributed by atoms with Crippen LogP contribution in [0.25, 0.3) is 5.57 Å². The fraction of sp³-hybridized carbons (Fsp3) is 0.394. The summed E-state index contributed by atoms with van der Waals surface area (Å²) in [5.41, 5.74) is 5.82. The highest BCUT2D eigenvalue weighted by Gasteiger charge is 2.19. The van der Waals surface area contributed by atoms with Crippen molar-refractivity contribution >= 4 is 23.7 Å². The minimum absolute atomic E-state index is 0.116. The third-order valence-corrected chi connectivity index (χ3v) is 7.09. The summed E-state index contributed by atoms with van der Waals surface area (Å²) < 4.78 is 25.7. The van der Waals surface area contributed by atoms with Gasteiger partial charge in [0.15, 0.2) is 0 Å². The van der Waals surface area contributed by atoms with Crippen LogP contribution >= 0.6 is 0 Å². The Balaban J connectivity index is 1.37. The number of rotatable bonds is 14. The fourth-order valence-electron chi connectivity index (χ4n) is 4.87. The van der Waals surface area contributed by atoms with Crippen molar-refractivity contribution in [1.82, 2.24) is 9.88 Å². The van der Waals surface area contributed by atoms with E-state index in [0.717, 1.165) is 69.2 Å². The van der Waals surface area contributed by atoms with E-state index in [0.29, 0.717) is 11.4 Å². The molecule has 0 N–H and O–H groups in total. The van der Waals surface area contributed by atoms with Gasteiger partial charge in [-0.1, -0.05) is 43.3 Å². The lowest BCUT2D eigenvalue weighted by Crippen LogP contribution is -2.40. The van der Waals surface area contributed by atoms with Crippen LogP contribution in [0.4, 0.5) is 15.8 Å². The number of nitrogens with zero attached hydrogens (tertiary/aromatic N) is 4. The average molecular weight is 545 g/mol. The summed E-state index contributed by atoms with van der Waals surface area (Å²) in [5, 5.41) is 0. The molecule has 212 valence electrons. The number of aryl methyl sites for hydroxylation is 1. The molecule has 1 aliphatic rings. The smallest absolute Gasteiger partial charge is 0.214 e. The second-order valence-electron chi connectivity index (χ2n) is 10.3. The number of aliphatic imine (C=N–C) groups is 1. The van der Waals surface area contributed by atoms with Crippen LogP contribution in [0.1, 0.15) is 43.5 Å². The van der Waals surface area contributed by atoms with E-state index in [-0.39, 0.29) is 18.5 Å². The standard InChI is InChI=1S/C33H41FN4O2/c1-5-21-39-26(3)23-38(32-14-13-25(2)22-31(32)35-4)20-19-37-17-15-27(16-18-37)30-11-8-12-33(36-30)40-24-28-9-6-7-10-29(28)34/h6-15,22,26H,4-5,16-21,23-24H2,1-3H3. The summed E-state index contributed by atoms with van der Waals surface area (Å²) in [7, 11) is 0. The van der Waals surface area contributed by atoms with E-state index in [1.165, 1.54) is 17.2 Å². The van der Waals surface area contributed by atoms with Crippen molar-refractivity contribution in [3.8, 4) is 5.88 Å². The maximum Gasteiger partial charge on any atom is 0.214 e. The van der Waals surface area contributed by atoms with Crippen LogP contribution in [-0.4, -0.2) is 62.0 Å². The third kappa shape index (κ3) is 8.23. The summed E-state index contributed by atoms with van der Waals surface area (Å²) >= 11 is 0. The minimum atomic E-state index is -0.269. The van der Waals surface area contributed by atoms with Gasteiger partial charge in [-0.15, -0.1) is 0 Å². The van der Waals surface area contributed by atoms with Crippen molar-refractivity contribution in [2.75, 3.05) is 44.2 Å². The van der Waals surface area contributed by atoms with Crippen LogP contribution in [0.15, 0.2) is 71.7 Å². The van der Waals surface area contributed by atoms with Crippen molar-refractivity contribution < 1.29 is 13.9 Å². The first-order valence-corrected chi connectivity index (χ1v) is 14.2. The minimum Gasteiger partial charge on any atom is -0.473 e. The molecule has 0 saturated carbocycles. The number of hydrogen-bond acceptors (Lipinski definition) is 6. The Hall–Kier alpha value is -3.55. The molecule has 40 heavy (non-hydrogen) atoms. The molecule has 3 aromatic rings. The Morgan fingerprint density at radius 1 is 1.15 bits per heavy atom. The highest BCUT2D eigenvalue weighted by atomic mass is 19.1. The molecule has 1 atom stereocenters. The van der Waals surface area contributed by atoms with Crippen LogP contribution < -0.4 is 9.64 Å². The predicted octanol–water partition coefficient (Wildman–Crippen LogP) is 6.85. The third-order valence-electron chi connectivity index (χ3n) is 7.09. The molecule has 0 aliphatic carbocycles. The quantitative estimate of drug-likeness (QED) is 0.208. The van der Waals surface area contributed by atoms with Gasteiger partial charge in [0.1, 0.15) is 12.4 Å². The molecule has 2 aromatic carbocycles. The molecule has 0 fully saturated rings. The number of ether oxygens (including phenoxy) is 2. The topological polar surface area (TPSA) is 50.2 Å². The van der Waals surface area contributed by atoms with E-state index in [9.17, 15) is 4.39 Å². The Labute approximate surface area is 238 Å². The first kappa shape index (κ1) is 29.4. The molecule has 1 aromatic heterocycles. The molecule has 0 saturated heterocycles. The average Bonchev–Trinajstić information content (AvgIpc) is 2.98. The molecule has 6 nitrogen and oxygen atoms in total. The maximum atomic E-state index is 13.9. The molecule has 0 bridgehead atoms. The zero-order valence-electron chi connectivity index (χ0n) is 24.0. The van der Waals surface area contributed by atoms with E-state index in [2.05, 4.69) is 66.6 Å². The van der Waals surface area contributed by atoms with Crippen molar-refractivity contribution in [3.63, 3.8) is 0 Å². The number of anilines is 1. The van der Waals surface area contributed by atoms with Crippen LogP contribution in [0.2, 0.25) is 0 Å². The van der Waals surface area contributed by atoms with Gasteiger partial charge in [0.05, 0.1) is 23.2 Å². The number of benzene rings is 2. The Morgan fingerprint density at radius 3 is 2.75 bits per heavy atom. The van der Waals surface area contributed by atoms with Crippen LogP contribution in [0, 0.1) is 12.7 Å². The van der Waals surface area contributed by atoms with Crippen LogP contribution in [0.3, 0.4) is 0 Å². The summed E-state index contributed by atoms with van der Waals surface area (Å²) in [6, 6.07) is 18.8. The highest BCUT2D eigenvalue weighted by molar-refractivity contribution is 5.70. The van der Waals surface area contributed by atoms with E-state index < -0.39 is 0 Å². The number of aromatic nitrogens is 1. The zero-order chi connectivity index (χ0) is 28.3. The van der Waals surface area contributed by atoms with Gasteiger partial charge in [-0.05, 0) is 68.8 Å². The molecular formula is C33H41FN4O2. The van der Waals surface area contributed by atoms with Gasteiger partial charge in [0.2, 0.25) is 5.88 Å². The predicted molar refractivity (Wildman–Crippen MR) is 162 cm³/mol. The largest absolute Gasteiger partial charge is 0.473 e. The van der Waals surface area contributed by atoms with Gasteiger partial charge in [-0.25, -0.2) is 9.37 Å². The van der Waals surface area contributed by atoms with E-state index in [1.54, 1.807) is 18.2 Å². The van der Waals surface area contributed by atoms with Gasteiger partial charge >= 0.3 is 0 Å². The maximum absolute atomic E-state index is 13.9. The molecular weight excluding hydrogens is 503 g/mol. The van der Waals surface area contributed by atoms with Gasteiger partial charge in [-0.2, -0.15) is 0 Å². The molecule has 0 amide bonds. The van der Waals surface area contributed by atoms with Gasteiger partial charge in [0.25, 0.3) is 0 Å². The number of halogens is 1. The van der Waals surface area contributed by atoms with Crippen LogP contribution in [-0.2, 0) is 11.3 Å². The second kappa shape index (κ2) is 14.7. The van der Waals surface area contributed by atoms with E-state index in [1.807, 2.05) is 18.2 Å². The van der Waals surface area contributed by atoms with E-state index in [4.69, 9.17) is 14.5 Å². The monoisotopic (exact) mass is 544 g/mol. The molecule has 7 heteroatoms. The molecule has 0 spiro atoms. The first-order valence-electron chi connectivity index (χ1n) is 14.2. The van der Waals surface area contributed by atoms with E-state index >= 15 is 0 Å². The SMILES string of the molecule is C=Nc1cc(C)ccc1N(CCN1CC=C(c2cccc(OCc3ccccc3F)n2)CC1)CC(C)OCCC. The van der Waals surface area contributed by atoms with Crippen molar-refractivity contribution in [3.05, 3.63) is 89.4 Å². The molecule has 1 aliphatic heterocycles. The number of pyridine rings is 1. The number of hydrogen-bond donors (Lipinski definition) is 0. The zero-order valence-corrected chi connectivity index (χ0v) is 24.0. The Kier molecular flexibility index (Phi) is 10.8. The van der Waals surface area contributed by atoms with Gasteiger partial charge < -0.3 is 14.4 Å². The summed E-state index contributed by atoms with van der Waals surface area (Å²) in [4.78, 5) is 13.8. The van der Waals surface area contributed by atoms with Gasteiger partial charge in [-0.3, -0.25) is 9.89 Å². The van der Waals surface area contributed by atoms with Gasteiger partial charge in [0, 0.05) is 51.0 Å².